The van der Waals surface area contributed by atoms with Gasteiger partial charge in [0.2, 0.25) is 0 Å². The Morgan fingerprint density at radius 2 is 1.94 bits per heavy atom. The summed E-state index contributed by atoms with van der Waals surface area (Å²) in [5, 5.41) is 11.7. The monoisotopic (exact) mass is 288 g/mol. The van der Waals surface area contributed by atoms with E-state index >= 15 is 0 Å². The van der Waals surface area contributed by atoms with Crippen molar-refractivity contribution in [1.82, 2.24) is 0 Å². The van der Waals surface area contributed by atoms with E-state index < -0.39 is 6.10 Å². The van der Waals surface area contributed by atoms with Gasteiger partial charge in [0.25, 0.3) is 0 Å². The molecular weight excluding hydrogens is 270 g/mol. The zero-order valence-electron chi connectivity index (χ0n) is 9.69. The first-order valence-electron chi connectivity index (χ1n) is 5.47. The van der Waals surface area contributed by atoms with Crippen LogP contribution in [0.4, 0.5) is 0 Å². The summed E-state index contributed by atoms with van der Waals surface area (Å²) in [6.45, 7) is 5.21. The number of hydrogen-bond acceptors (Lipinski definition) is 2. The molecule has 0 unspecified atom stereocenters. The van der Waals surface area contributed by atoms with Crippen molar-refractivity contribution in [2.75, 3.05) is 13.2 Å². The van der Waals surface area contributed by atoms with Crippen molar-refractivity contribution in [3.05, 3.63) is 28.7 Å². The Hall–Kier alpha value is -0.580. The molecule has 3 nitrogen and oxygen atoms in total. The highest BCUT2D eigenvalue weighted by atomic mass is 79.9. The minimum Gasteiger partial charge on any atom is -0.491 e. The Balaban J connectivity index is 2.26. The van der Waals surface area contributed by atoms with E-state index in [4.69, 9.17) is 4.74 Å². The Labute approximate surface area is 105 Å². The van der Waals surface area contributed by atoms with Gasteiger partial charge in [-0.2, -0.15) is 0 Å². The fraction of sp³-hybridized carbons (Fsp3) is 0.500. The van der Waals surface area contributed by atoms with Gasteiger partial charge >= 0.3 is 0 Å². The first kappa shape index (κ1) is 13.5. The Morgan fingerprint density at radius 3 is 2.50 bits per heavy atom. The van der Waals surface area contributed by atoms with E-state index in [1.54, 1.807) is 0 Å². The highest BCUT2D eigenvalue weighted by Gasteiger charge is 2.08. The second-order valence-electron chi connectivity index (χ2n) is 4.13. The van der Waals surface area contributed by atoms with Gasteiger partial charge in [-0.3, -0.25) is 0 Å². The van der Waals surface area contributed by atoms with Gasteiger partial charge in [0.05, 0.1) is 6.04 Å². The molecule has 16 heavy (non-hydrogen) atoms. The Kier molecular flexibility index (Phi) is 5.80. The van der Waals surface area contributed by atoms with Crippen molar-refractivity contribution < 1.29 is 15.2 Å². The summed E-state index contributed by atoms with van der Waals surface area (Å²) in [5.41, 5.74) is 0. The van der Waals surface area contributed by atoms with E-state index in [0.717, 1.165) is 10.2 Å². The lowest BCUT2D eigenvalue weighted by atomic mass is 10.3. The average Bonchev–Trinajstić information content (AvgIpc) is 2.25. The Morgan fingerprint density at radius 1 is 1.31 bits per heavy atom. The van der Waals surface area contributed by atoms with Gasteiger partial charge in [0.15, 0.2) is 0 Å². The van der Waals surface area contributed by atoms with Crippen LogP contribution in [0, 0.1) is 0 Å². The van der Waals surface area contributed by atoms with Crippen LogP contribution in [0.5, 0.6) is 5.75 Å². The molecule has 0 aliphatic heterocycles. The molecule has 0 fully saturated rings. The normalized spacial score (nSPS) is 12.8. The van der Waals surface area contributed by atoms with Crippen molar-refractivity contribution in [1.29, 1.82) is 0 Å². The van der Waals surface area contributed by atoms with E-state index in [0.29, 0.717) is 19.2 Å². The Bertz CT molecular complexity index is 300. The van der Waals surface area contributed by atoms with Crippen LogP contribution in [0.2, 0.25) is 0 Å². The van der Waals surface area contributed by atoms with Crippen LogP contribution in [-0.4, -0.2) is 30.4 Å². The van der Waals surface area contributed by atoms with E-state index in [9.17, 15) is 5.11 Å². The van der Waals surface area contributed by atoms with Crippen molar-refractivity contribution in [3.8, 4) is 5.75 Å². The van der Waals surface area contributed by atoms with Crippen LogP contribution in [0.1, 0.15) is 13.8 Å². The van der Waals surface area contributed by atoms with Crippen LogP contribution in [0.15, 0.2) is 28.7 Å². The van der Waals surface area contributed by atoms with Crippen LogP contribution < -0.4 is 10.1 Å². The summed E-state index contributed by atoms with van der Waals surface area (Å²) < 4.78 is 6.49. The second-order valence-corrected chi connectivity index (χ2v) is 5.05. The second kappa shape index (κ2) is 6.89. The van der Waals surface area contributed by atoms with E-state index in [1.165, 1.54) is 0 Å². The fourth-order valence-electron chi connectivity index (χ4n) is 1.22. The standard InChI is InChI=1S/C12H18BrNO2/c1-9(2)14-7-11(15)8-16-12-5-3-10(13)4-6-12/h3-6,9,11,14-15H,7-8H2,1-2H3/p+1/t11-/m1/s1. The largest absolute Gasteiger partial charge is 0.491 e. The van der Waals surface area contributed by atoms with Crippen molar-refractivity contribution >= 4 is 15.9 Å². The minimum atomic E-state index is -0.425. The third kappa shape index (κ3) is 5.49. The minimum absolute atomic E-state index is 0.338. The van der Waals surface area contributed by atoms with Crippen molar-refractivity contribution in [2.24, 2.45) is 0 Å². The van der Waals surface area contributed by atoms with Crippen molar-refractivity contribution in [3.63, 3.8) is 0 Å². The lowest BCUT2D eigenvalue weighted by molar-refractivity contribution is -0.688. The number of aliphatic hydroxyl groups excluding tert-OH is 1. The van der Waals surface area contributed by atoms with Gasteiger partial charge in [-0.25, -0.2) is 0 Å². The predicted octanol–water partition coefficient (Wildman–Crippen LogP) is 1.16. The quantitative estimate of drug-likeness (QED) is 0.825. The SMILES string of the molecule is CC(C)[NH2+]C[C@@H](O)COc1ccc(Br)cc1. The maximum absolute atomic E-state index is 9.65. The molecule has 1 rings (SSSR count). The molecule has 1 aromatic carbocycles. The lowest BCUT2D eigenvalue weighted by Crippen LogP contribution is -2.90. The zero-order valence-corrected chi connectivity index (χ0v) is 11.3. The summed E-state index contributed by atoms with van der Waals surface area (Å²) >= 11 is 3.36. The maximum atomic E-state index is 9.65. The third-order valence-corrected chi connectivity index (χ3v) is 2.66. The molecule has 0 heterocycles. The molecule has 0 aliphatic rings. The smallest absolute Gasteiger partial charge is 0.137 e. The predicted molar refractivity (Wildman–Crippen MR) is 67.6 cm³/mol. The molecular formula is C12H19BrNO2+. The summed E-state index contributed by atoms with van der Waals surface area (Å²) in [6, 6.07) is 8.10. The zero-order chi connectivity index (χ0) is 12.0. The summed E-state index contributed by atoms with van der Waals surface area (Å²) in [4.78, 5) is 0. The van der Waals surface area contributed by atoms with Gasteiger partial charge in [0, 0.05) is 4.47 Å². The summed E-state index contributed by atoms with van der Waals surface area (Å²) in [6.07, 6.45) is -0.425. The number of ether oxygens (including phenoxy) is 1. The first-order chi connectivity index (χ1) is 7.58. The maximum Gasteiger partial charge on any atom is 0.137 e. The van der Waals surface area contributed by atoms with Gasteiger partial charge in [-0.1, -0.05) is 15.9 Å². The molecule has 0 aromatic heterocycles. The number of rotatable bonds is 6. The molecule has 0 saturated carbocycles. The summed E-state index contributed by atoms with van der Waals surface area (Å²) in [7, 11) is 0. The number of nitrogens with two attached hydrogens (primary N) is 1. The van der Waals surface area contributed by atoms with Crippen molar-refractivity contribution in [2.45, 2.75) is 26.0 Å². The number of benzene rings is 1. The first-order valence-corrected chi connectivity index (χ1v) is 6.27. The molecule has 90 valence electrons. The van der Waals surface area contributed by atoms with Gasteiger partial charge in [-0.05, 0) is 38.1 Å². The highest BCUT2D eigenvalue weighted by molar-refractivity contribution is 9.10. The molecule has 0 aliphatic carbocycles. The van der Waals surface area contributed by atoms with E-state index in [-0.39, 0.29) is 0 Å². The van der Waals surface area contributed by atoms with Crippen LogP contribution in [0.3, 0.4) is 0 Å². The van der Waals surface area contributed by atoms with E-state index in [2.05, 4.69) is 35.1 Å². The van der Waals surface area contributed by atoms with Crippen LogP contribution in [-0.2, 0) is 0 Å². The molecule has 3 N–H and O–H groups in total. The van der Waals surface area contributed by atoms with Crippen LogP contribution in [0.25, 0.3) is 0 Å². The number of halogens is 1. The number of hydrogen-bond donors (Lipinski definition) is 2. The molecule has 1 aromatic rings. The lowest BCUT2D eigenvalue weighted by Gasteiger charge is -2.12. The molecule has 4 heteroatoms. The van der Waals surface area contributed by atoms with Crippen LogP contribution >= 0.6 is 15.9 Å². The van der Waals surface area contributed by atoms with Gasteiger partial charge in [0.1, 0.15) is 25.0 Å². The molecule has 0 spiro atoms. The molecule has 0 radical (unpaired) electrons. The van der Waals surface area contributed by atoms with E-state index in [1.807, 2.05) is 24.3 Å². The van der Waals surface area contributed by atoms with Gasteiger partial charge < -0.3 is 15.2 Å². The molecule has 0 amide bonds. The number of aliphatic hydroxyl groups is 1. The number of quaternary nitrogens is 1. The molecule has 1 atom stereocenters. The molecule has 0 bridgehead atoms. The third-order valence-electron chi connectivity index (χ3n) is 2.14. The fourth-order valence-corrected chi connectivity index (χ4v) is 1.48. The molecule has 0 saturated heterocycles. The highest BCUT2D eigenvalue weighted by Crippen LogP contribution is 2.15. The summed E-state index contributed by atoms with van der Waals surface area (Å²) in [5.74, 6) is 0.784. The topological polar surface area (TPSA) is 46.1 Å². The van der Waals surface area contributed by atoms with Gasteiger partial charge in [-0.15, -0.1) is 0 Å². The average molecular weight is 289 g/mol.